The molecule has 2 aromatic rings. The summed E-state index contributed by atoms with van der Waals surface area (Å²) in [7, 11) is 0. The van der Waals surface area contributed by atoms with E-state index in [1.165, 1.54) is 0 Å². The van der Waals surface area contributed by atoms with E-state index >= 15 is 0 Å². The summed E-state index contributed by atoms with van der Waals surface area (Å²) in [4.78, 5) is 12.1. The normalized spacial score (nSPS) is 12.0. The zero-order chi connectivity index (χ0) is 17.0. The molecule has 0 aliphatic carbocycles. The van der Waals surface area contributed by atoms with E-state index in [2.05, 4.69) is 21.2 Å². The molecule has 2 aromatic carbocycles. The molecular weight excluding hydrogens is 385 g/mol. The number of aliphatic hydroxyl groups excluding tert-OH is 1. The summed E-state index contributed by atoms with van der Waals surface area (Å²) in [5.41, 5.74) is 1.29. The molecule has 0 radical (unpaired) electrons. The maximum atomic E-state index is 14.0. The molecular formula is C17H16BrClFNO2. The van der Waals surface area contributed by atoms with Gasteiger partial charge in [0.1, 0.15) is 5.82 Å². The minimum atomic E-state index is -0.721. The van der Waals surface area contributed by atoms with Crippen LogP contribution in [0.4, 0.5) is 4.39 Å². The van der Waals surface area contributed by atoms with Crippen LogP contribution in [0.1, 0.15) is 34.0 Å². The lowest BCUT2D eigenvalue weighted by molar-refractivity contribution is 0.0938. The Morgan fingerprint density at radius 1 is 1.30 bits per heavy atom. The molecule has 1 atom stereocenters. The van der Waals surface area contributed by atoms with Crippen LogP contribution in [-0.2, 0) is 0 Å². The molecule has 2 rings (SSSR count). The molecule has 0 bridgehead atoms. The second kappa shape index (κ2) is 7.90. The molecule has 1 amide bonds. The van der Waals surface area contributed by atoms with Gasteiger partial charge in [0, 0.05) is 11.6 Å². The first kappa shape index (κ1) is 17.9. The Morgan fingerprint density at radius 3 is 2.61 bits per heavy atom. The van der Waals surface area contributed by atoms with Gasteiger partial charge in [0.2, 0.25) is 0 Å². The average molecular weight is 401 g/mol. The van der Waals surface area contributed by atoms with Crippen molar-refractivity contribution in [3.63, 3.8) is 0 Å². The minimum Gasteiger partial charge on any atom is -0.388 e. The van der Waals surface area contributed by atoms with Crippen LogP contribution in [0.15, 0.2) is 40.9 Å². The summed E-state index contributed by atoms with van der Waals surface area (Å²) in [5, 5.41) is 13.3. The maximum Gasteiger partial charge on any atom is 0.254 e. The summed E-state index contributed by atoms with van der Waals surface area (Å²) < 4.78 is 14.3. The van der Waals surface area contributed by atoms with Crippen molar-refractivity contribution in [2.24, 2.45) is 0 Å². The summed E-state index contributed by atoms with van der Waals surface area (Å²) in [5.74, 6) is -1.08. The molecule has 0 unspecified atom stereocenters. The number of halogens is 3. The first-order valence-corrected chi connectivity index (χ1v) is 8.23. The Kier molecular flexibility index (Phi) is 6.16. The minimum absolute atomic E-state index is 0.0142. The number of hydrogen-bond acceptors (Lipinski definition) is 2. The van der Waals surface area contributed by atoms with E-state index in [4.69, 9.17) is 11.6 Å². The van der Waals surface area contributed by atoms with Crippen LogP contribution in [0.25, 0.3) is 0 Å². The van der Waals surface area contributed by atoms with Crippen molar-refractivity contribution in [1.29, 1.82) is 0 Å². The van der Waals surface area contributed by atoms with Crippen molar-refractivity contribution >= 4 is 33.4 Å². The van der Waals surface area contributed by atoms with Gasteiger partial charge >= 0.3 is 0 Å². The second-order valence-electron chi connectivity index (χ2n) is 5.17. The van der Waals surface area contributed by atoms with E-state index in [9.17, 15) is 14.3 Å². The van der Waals surface area contributed by atoms with Crippen LogP contribution in [0.5, 0.6) is 0 Å². The fourth-order valence-corrected chi connectivity index (χ4v) is 2.64. The molecule has 0 spiro atoms. The number of amides is 1. The monoisotopic (exact) mass is 399 g/mol. The van der Waals surface area contributed by atoms with Crippen LogP contribution in [-0.4, -0.2) is 17.6 Å². The third-order valence-electron chi connectivity index (χ3n) is 3.49. The summed E-state index contributed by atoms with van der Waals surface area (Å²) in [6, 6.07) is 10.1. The third kappa shape index (κ3) is 4.53. The lowest BCUT2D eigenvalue weighted by Gasteiger charge is -2.13. The SMILES string of the molecule is Cc1ccc(Br)c(F)c1C(=O)NCC[C@H](O)c1ccc(Cl)cc1. The second-order valence-corrected chi connectivity index (χ2v) is 6.46. The molecule has 3 nitrogen and oxygen atoms in total. The van der Waals surface area contributed by atoms with Crippen molar-refractivity contribution in [3.8, 4) is 0 Å². The van der Waals surface area contributed by atoms with Gasteiger partial charge in [-0.1, -0.05) is 29.8 Å². The molecule has 2 N–H and O–H groups in total. The van der Waals surface area contributed by atoms with E-state index in [0.717, 1.165) is 0 Å². The number of aliphatic hydroxyl groups is 1. The lowest BCUT2D eigenvalue weighted by atomic mass is 10.1. The van der Waals surface area contributed by atoms with Crippen LogP contribution in [0.2, 0.25) is 5.02 Å². The van der Waals surface area contributed by atoms with Crippen LogP contribution >= 0.6 is 27.5 Å². The van der Waals surface area contributed by atoms with Crippen molar-refractivity contribution in [2.45, 2.75) is 19.4 Å². The fourth-order valence-electron chi connectivity index (χ4n) is 2.19. The molecule has 23 heavy (non-hydrogen) atoms. The number of rotatable bonds is 5. The smallest absolute Gasteiger partial charge is 0.254 e. The Bertz CT molecular complexity index is 706. The van der Waals surface area contributed by atoms with Gasteiger partial charge in [0.05, 0.1) is 16.1 Å². The van der Waals surface area contributed by atoms with Crippen molar-refractivity contribution < 1.29 is 14.3 Å². The third-order valence-corrected chi connectivity index (χ3v) is 4.35. The zero-order valence-corrected chi connectivity index (χ0v) is 14.8. The molecule has 0 fully saturated rings. The highest BCUT2D eigenvalue weighted by Gasteiger charge is 2.17. The van der Waals surface area contributed by atoms with Crippen molar-refractivity contribution in [3.05, 3.63) is 68.4 Å². The molecule has 0 saturated carbocycles. The Hall–Kier alpha value is -1.43. The molecule has 0 aliphatic rings. The average Bonchev–Trinajstić information content (AvgIpc) is 2.52. The number of nitrogens with one attached hydrogen (secondary N) is 1. The van der Waals surface area contributed by atoms with Gasteiger partial charge in [-0.2, -0.15) is 0 Å². The van der Waals surface area contributed by atoms with Gasteiger partial charge in [0.25, 0.3) is 5.91 Å². The standard InChI is InChI=1S/C17H16BrClFNO2/c1-10-2-7-13(18)16(20)15(10)17(23)21-9-8-14(22)11-3-5-12(19)6-4-11/h2-7,14,22H,8-9H2,1H3,(H,21,23)/t14-/m0/s1. The number of benzene rings is 2. The largest absolute Gasteiger partial charge is 0.388 e. The number of hydrogen-bond donors (Lipinski definition) is 2. The van der Waals surface area contributed by atoms with Gasteiger partial charge < -0.3 is 10.4 Å². The van der Waals surface area contributed by atoms with Crippen LogP contribution in [0, 0.1) is 12.7 Å². The maximum absolute atomic E-state index is 14.0. The zero-order valence-electron chi connectivity index (χ0n) is 12.4. The number of carbonyl (C=O) groups is 1. The number of aryl methyl sites for hydroxylation is 1. The topological polar surface area (TPSA) is 49.3 Å². The van der Waals surface area contributed by atoms with Crippen molar-refractivity contribution in [1.82, 2.24) is 5.32 Å². The van der Waals surface area contributed by atoms with Gasteiger partial charge in [0.15, 0.2) is 0 Å². The highest BCUT2D eigenvalue weighted by Crippen LogP contribution is 2.22. The van der Waals surface area contributed by atoms with Crippen LogP contribution in [0.3, 0.4) is 0 Å². The van der Waals surface area contributed by atoms with Crippen LogP contribution < -0.4 is 5.32 Å². The first-order valence-electron chi connectivity index (χ1n) is 7.06. The lowest BCUT2D eigenvalue weighted by Crippen LogP contribution is -2.27. The fraction of sp³-hybridized carbons (Fsp3) is 0.235. The first-order chi connectivity index (χ1) is 10.9. The molecule has 6 heteroatoms. The van der Waals surface area contributed by atoms with Crippen molar-refractivity contribution in [2.75, 3.05) is 6.54 Å². The molecule has 0 aliphatic heterocycles. The molecule has 0 saturated heterocycles. The summed E-state index contributed by atoms with van der Waals surface area (Å²) in [6.07, 6.45) is -0.400. The number of carbonyl (C=O) groups excluding carboxylic acids is 1. The summed E-state index contributed by atoms with van der Waals surface area (Å²) in [6.45, 7) is 1.90. The highest BCUT2D eigenvalue weighted by molar-refractivity contribution is 9.10. The molecule has 0 aromatic heterocycles. The Labute approximate surface area is 147 Å². The van der Waals surface area contributed by atoms with Gasteiger partial charge in [-0.3, -0.25) is 4.79 Å². The van der Waals surface area contributed by atoms with E-state index in [1.807, 2.05) is 0 Å². The van der Waals surface area contributed by atoms with E-state index in [-0.39, 0.29) is 16.6 Å². The van der Waals surface area contributed by atoms with Gasteiger partial charge in [-0.25, -0.2) is 4.39 Å². The highest BCUT2D eigenvalue weighted by atomic mass is 79.9. The predicted octanol–water partition coefficient (Wildman–Crippen LogP) is 4.40. The summed E-state index contributed by atoms with van der Waals surface area (Å²) >= 11 is 8.87. The Morgan fingerprint density at radius 2 is 1.96 bits per heavy atom. The Balaban J connectivity index is 1.95. The van der Waals surface area contributed by atoms with E-state index in [0.29, 0.717) is 22.6 Å². The quantitative estimate of drug-likeness (QED) is 0.781. The molecule has 0 heterocycles. The van der Waals surface area contributed by atoms with E-state index < -0.39 is 17.8 Å². The van der Waals surface area contributed by atoms with Gasteiger partial charge in [-0.05, 0) is 58.6 Å². The van der Waals surface area contributed by atoms with Gasteiger partial charge in [-0.15, -0.1) is 0 Å². The van der Waals surface area contributed by atoms with E-state index in [1.54, 1.807) is 43.3 Å². The predicted molar refractivity (Wildman–Crippen MR) is 92.2 cm³/mol. The molecule has 122 valence electrons.